The Morgan fingerprint density at radius 3 is 2.82 bits per heavy atom. The van der Waals surface area contributed by atoms with E-state index >= 15 is 0 Å². The monoisotopic (exact) mass is 314 g/mol. The van der Waals surface area contributed by atoms with Crippen LogP contribution < -0.4 is 0 Å². The number of aromatic carboxylic acids is 1. The van der Waals surface area contributed by atoms with Crippen LogP contribution in [0.3, 0.4) is 0 Å². The van der Waals surface area contributed by atoms with Gasteiger partial charge in [0.05, 0.1) is 5.52 Å². The maximum absolute atomic E-state index is 11.0. The van der Waals surface area contributed by atoms with Crippen molar-refractivity contribution in [3.8, 4) is 0 Å². The Bertz CT molecular complexity index is 634. The normalized spacial score (nSPS) is 15.4. The number of fused-ring (bicyclic) bond motifs is 1. The Balaban J connectivity index is 2.29. The molecule has 0 unspecified atom stereocenters. The highest BCUT2D eigenvalue weighted by Gasteiger charge is 2.26. The zero-order valence-corrected chi connectivity index (χ0v) is 11.0. The molecule has 0 bridgehead atoms. The van der Waals surface area contributed by atoms with Gasteiger partial charge < -0.3 is 5.11 Å². The number of hydrogen-bond acceptors (Lipinski definition) is 2. The topological polar surface area (TPSA) is 54.6 Å². The number of aromatic nitrogens is 2. The number of carboxylic acid groups (broad SMARTS) is 1. The van der Waals surface area contributed by atoms with E-state index in [2.05, 4.69) is 21.0 Å². The van der Waals surface area contributed by atoms with Crippen molar-refractivity contribution in [2.24, 2.45) is 0 Å². The summed E-state index contributed by atoms with van der Waals surface area (Å²) in [7, 11) is 0. The summed E-state index contributed by atoms with van der Waals surface area (Å²) in [4.78, 5) is 11.0. The van der Waals surface area contributed by atoms with Crippen molar-refractivity contribution in [1.82, 2.24) is 9.61 Å². The number of carbonyl (C=O) groups is 1. The van der Waals surface area contributed by atoms with Crippen molar-refractivity contribution in [2.75, 3.05) is 0 Å². The number of nitrogens with zero attached hydrogens (tertiary/aromatic N) is 2. The quantitative estimate of drug-likeness (QED) is 0.865. The second kappa shape index (κ2) is 3.71. The van der Waals surface area contributed by atoms with Crippen LogP contribution in [0, 0.1) is 0 Å². The predicted octanol–water partition coefficient (Wildman–Crippen LogP) is 3.33. The van der Waals surface area contributed by atoms with Crippen LogP contribution in [-0.2, 0) is 0 Å². The maximum Gasteiger partial charge on any atom is 0.358 e. The van der Waals surface area contributed by atoms with E-state index in [1.807, 2.05) is 12.1 Å². The molecule has 17 heavy (non-hydrogen) atoms. The standard InChI is InChI=1S/C11H8BrClN2O2/c12-8-4-6(5-1-2-5)3-7-9(13)10(11(16)17)14-15(7)8/h3-5H,1-2H2,(H,16,17). The highest BCUT2D eigenvalue weighted by atomic mass is 79.9. The zero-order chi connectivity index (χ0) is 12.2. The summed E-state index contributed by atoms with van der Waals surface area (Å²) in [5, 5.41) is 13.1. The lowest BCUT2D eigenvalue weighted by molar-refractivity contribution is 0.0690. The van der Waals surface area contributed by atoms with Gasteiger partial charge in [-0.15, -0.1) is 0 Å². The largest absolute Gasteiger partial charge is 0.476 e. The first-order valence-electron chi connectivity index (χ1n) is 5.19. The van der Waals surface area contributed by atoms with Crippen LogP contribution >= 0.6 is 27.5 Å². The van der Waals surface area contributed by atoms with E-state index in [-0.39, 0.29) is 10.7 Å². The molecule has 0 saturated heterocycles. The van der Waals surface area contributed by atoms with Crippen molar-refractivity contribution >= 4 is 39.0 Å². The van der Waals surface area contributed by atoms with Gasteiger partial charge in [-0.2, -0.15) is 5.10 Å². The van der Waals surface area contributed by atoms with Gasteiger partial charge >= 0.3 is 5.97 Å². The molecule has 1 aliphatic carbocycles. The van der Waals surface area contributed by atoms with Gasteiger partial charge in [0.1, 0.15) is 9.63 Å². The van der Waals surface area contributed by atoms with E-state index in [9.17, 15) is 4.79 Å². The first kappa shape index (κ1) is 11.0. The van der Waals surface area contributed by atoms with E-state index in [0.29, 0.717) is 11.4 Å². The fourth-order valence-electron chi connectivity index (χ4n) is 1.89. The van der Waals surface area contributed by atoms with Crippen molar-refractivity contribution in [1.29, 1.82) is 0 Å². The van der Waals surface area contributed by atoms with Crippen LogP contribution in [0.5, 0.6) is 0 Å². The molecule has 2 heterocycles. The second-order valence-corrected chi connectivity index (χ2v) is 5.34. The molecule has 0 aliphatic heterocycles. The minimum atomic E-state index is -1.11. The number of rotatable bonds is 2. The molecule has 1 fully saturated rings. The summed E-state index contributed by atoms with van der Waals surface area (Å²) in [6.07, 6.45) is 2.36. The van der Waals surface area contributed by atoms with Gasteiger partial charge in [-0.05, 0) is 52.4 Å². The van der Waals surface area contributed by atoms with E-state index in [0.717, 1.165) is 4.60 Å². The number of halogens is 2. The third-order valence-electron chi connectivity index (χ3n) is 2.90. The molecule has 1 N–H and O–H groups in total. The molecule has 2 aromatic heterocycles. The molecule has 6 heteroatoms. The summed E-state index contributed by atoms with van der Waals surface area (Å²) in [6, 6.07) is 3.89. The van der Waals surface area contributed by atoms with Crippen LogP contribution in [-0.4, -0.2) is 20.7 Å². The van der Waals surface area contributed by atoms with Gasteiger partial charge in [-0.1, -0.05) is 11.6 Å². The third-order valence-corrected chi connectivity index (χ3v) is 3.84. The zero-order valence-electron chi connectivity index (χ0n) is 8.65. The van der Waals surface area contributed by atoms with Crippen molar-refractivity contribution < 1.29 is 9.90 Å². The van der Waals surface area contributed by atoms with Gasteiger partial charge in [-0.3, -0.25) is 0 Å². The lowest BCUT2D eigenvalue weighted by Gasteiger charge is -2.02. The number of carboxylic acids is 1. The molecular formula is C11H8BrClN2O2. The number of pyridine rings is 1. The van der Waals surface area contributed by atoms with E-state index < -0.39 is 5.97 Å². The van der Waals surface area contributed by atoms with Crippen LogP contribution in [0.15, 0.2) is 16.7 Å². The fourth-order valence-corrected chi connectivity index (χ4v) is 2.67. The molecule has 0 atom stereocenters. The summed E-state index contributed by atoms with van der Waals surface area (Å²) in [5.41, 5.74) is 1.71. The molecule has 0 amide bonds. The summed E-state index contributed by atoms with van der Waals surface area (Å²) in [6.45, 7) is 0. The lowest BCUT2D eigenvalue weighted by atomic mass is 10.1. The fraction of sp³-hybridized carbons (Fsp3) is 0.273. The van der Waals surface area contributed by atoms with Gasteiger partial charge in [0.25, 0.3) is 0 Å². The van der Waals surface area contributed by atoms with E-state index in [4.69, 9.17) is 16.7 Å². The molecule has 0 spiro atoms. The Labute approximate surface area is 110 Å². The van der Waals surface area contributed by atoms with Crippen molar-refractivity contribution in [3.05, 3.63) is 33.0 Å². The van der Waals surface area contributed by atoms with Crippen LogP contribution in [0.1, 0.15) is 34.8 Å². The van der Waals surface area contributed by atoms with Crippen molar-refractivity contribution in [3.63, 3.8) is 0 Å². The van der Waals surface area contributed by atoms with Crippen LogP contribution in [0.4, 0.5) is 0 Å². The van der Waals surface area contributed by atoms with E-state index in [1.54, 1.807) is 0 Å². The van der Waals surface area contributed by atoms with Gasteiger partial charge in [0.15, 0.2) is 5.69 Å². The average molecular weight is 316 g/mol. The summed E-state index contributed by atoms with van der Waals surface area (Å²) in [5.74, 6) is -0.533. The molecule has 1 aliphatic rings. The highest BCUT2D eigenvalue weighted by molar-refractivity contribution is 9.10. The second-order valence-electron chi connectivity index (χ2n) is 4.15. The molecule has 0 aromatic carbocycles. The molecule has 3 rings (SSSR count). The Morgan fingerprint density at radius 1 is 1.53 bits per heavy atom. The third kappa shape index (κ3) is 1.73. The molecule has 2 aromatic rings. The first-order valence-corrected chi connectivity index (χ1v) is 6.36. The van der Waals surface area contributed by atoms with Gasteiger partial charge in [0.2, 0.25) is 0 Å². The molecule has 4 nitrogen and oxygen atoms in total. The maximum atomic E-state index is 11.0. The summed E-state index contributed by atoms with van der Waals surface area (Å²) >= 11 is 9.43. The van der Waals surface area contributed by atoms with Crippen LogP contribution in [0.25, 0.3) is 5.52 Å². The predicted molar refractivity (Wildman–Crippen MR) is 66.8 cm³/mol. The minimum absolute atomic E-state index is 0.111. The molecule has 1 saturated carbocycles. The van der Waals surface area contributed by atoms with E-state index in [1.165, 1.54) is 22.9 Å². The number of hydrogen-bond donors (Lipinski definition) is 1. The summed E-state index contributed by atoms with van der Waals surface area (Å²) < 4.78 is 2.24. The molecule has 88 valence electrons. The minimum Gasteiger partial charge on any atom is -0.476 e. The van der Waals surface area contributed by atoms with Gasteiger partial charge in [0, 0.05) is 0 Å². The lowest BCUT2D eigenvalue weighted by Crippen LogP contribution is -1.98. The Morgan fingerprint density at radius 2 is 2.24 bits per heavy atom. The first-order chi connectivity index (χ1) is 8.08. The SMILES string of the molecule is O=C(O)c1nn2c(Br)cc(C3CC3)cc2c1Cl. The Hall–Kier alpha value is -1.07. The Kier molecular flexibility index (Phi) is 2.41. The molecular weight excluding hydrogens is 307 g/mol. The van der Waals surface area contributed by atoms with Gasteiger partial charge in [-0.25, -0.2) is 9.31 Å². The van der Waals surface area contributed by atoms with Crippen molar-refractivity contribution in [2.45, 2.75) is 18.8 Å². The average Bonchev–Trinajstić information content (AvgIpc) is 3.05. The highest BCUT2D eigenvalue weighted by Crippen LogP contribution is 2.42. The smallest absolute Gasteiger partial charge is 0.358 e. The molecule has 0 radical (unpaired) electrons. The van der Waals surface area contributed by atoms with Crippen LogP contribution in [0.2, 0.25) is 5.02 Å².